The molecule has 0 aromatic heterocycles. The third-order valence-corrected chi connectivity index (χ3v) is 3.79. The first-order valence-electron chi connectivity index (χ1n) is 7.88. The smallest absolute Gasteiger partial charge is 0.389 e. The molecule has 142 valence electrons. The zero-order valence-electron chi connectivity index (χ0n) is 14.0. The molecule has 0 spiro atoms. The lowest BCUT2D eigenvalue weighted by molar-refractivity contribution is -0.142. The summed E-state index contributed by atoms with van der Waals surface area (Å²) in [4.78, 5) is 25.4. The van der Waals surface area contributed by atoms with Crippen LogP contribution in [-0.4, -0.2) is 38.3 Å². The van der Waals surface area contributed by atoms with Crippen LogP contribution in [0.15, 0.2) is 30.1 Å². The van der Waals surface area contributed by atoms with Crippen LogP contribution in [0.1, 0.15) is 29.6 Å². The molecule has 0 saturated heterocycles. The second kappa shape index (κ2) is 8.20. The van der Waals surface area contributed by atoms with Crippen molar-refractivity contribution in [3.8, 4) is 0 Å². The Morgan fingerprint density at radius 1 is 1.31 bits per heavy atom. The van der Waals surface area contributed by atoms with Gasteiger partial charge in [-0.25, -0.2) is 9.18 Å². The number of methoxy groups -OCH3 is 1. The Hall–Kier alpha value is -2.58. The van der Waals surface area contributed by atoms with Crippen LogP contribution in [0.25, 0.3) is 0 Å². The van der Waals surface area contributed by atoms with Crippen molar-refractivity contribution in [2.45, 2.75) is 25.4 Å². The van der Waals surface area contributed by atoms with Gasteiger partial charge in [-0.15, -0.1) is 0 Å². The molecule has 2 rings (SSSR count). The molecule has 0 unspecified atom stereocenters. The lowest BCUT2D eigenvalue weighted by atomic mass is 10.1. The Morgan fingerprint density at radius 2 is 2.04 bits per heavy atom. The van der Waals surface area contributed by atoms with Crippen LogP contribution in [0.5, 0.6) is 0 Å². The fraction of sp³-hybridized carbons (Fsp3) is 0.412. The Bertz CT molecular complexity index is 716. The highest BCUT2D eigenvalue weighted by molar-refractivity contribution is 6.02. The molecule has 0 saturated carbocycles. The molecule has 5 nitrogen and oxygen atoms in total. The molecule has 1 aliphatic rings. The number of amides is 1. The SMILES string of the molecule is COC(=O)c1cc(N2CCC=C(F)C2)ccc1NC(=O)CCC(F)(F)F. The molecule has 0 bridgehead atoms. The minimum atomic E-state index is -4.45. The Labute approximate surface area is 147 Å². The van der Waals surface area contributed by atoms with Crippen LogP contribution in [-0.2, 0) is 9.53 Å². The highest BCUT2D eigenvalue weighted by Crippen LogP contribution is 2.27. The van der Waals surface area contributed by atoms with E-state index in [9.17, 15) is 27.2 Å². The molecule has 0 atom stereocenters. The standard InChI is InChI=1S/C17H18F4N2O3/c1-26-16(25)13-9-12(23-8-2-3-11(18)10-23)4-5-14(13)22-15(24)6-7-17(19,20)21/h3-5,9H,2,6-8,10H2,1H3,(H,22,24). The number of nitrogens with one attached hydrogen (secondary N) is 1. The van der Waals surface area contributed by atoms with Crippen molar-refractivity contribution < 1.29 is 31.9 Å². The first kappa shape index (κ1) is 19.7. The molecule has 1 aromatic carbocycles. The van der Waals surface area contributed by atoms with Crippen molar-refractivity contribution in [2.24, 2.45) is 0 Å². The van der Waals surface area contributed by atoms with Crippen molar-refractivity contribution in [1.82, 2.24) is 0 Å². The number of ether oxygens (including phenoxy) is 1. The van der Waals surface area contributed by atoms with Gasteiger partial charge < -0.3 is 15.0 Å². The molecule has 0 aliphatic carbocycles. The maximum atomic E-state index is 13.5. The monoisotopic (exact) mass is 374 g/mol. The summed E-state index contributed by atoms with van der Waals surface area (Å²) in [5, 5.41) is 2.29. The number of benzene rings is 1. The molecule has 1 aliphatic heterocycles. The average molecular weight is 374 g/mol. The molecule has 1 aromatic rings. The summed E-state index contributed by atoms with van der Waals surface area (Å²) in [6.45, 7) is 0.600. The minimum absolute atomic E-state index is 0.0136. The van der Waals surface area contributed by atoms with Crippen LogP contribution in [0.2, 0.25) is 0 Å². The number of halogens is 4. The predicted octanol–water partition coefficient (Wildman–Crippen LogP) is 3.82. The molecule has 1 heterocycles. The molecule has 0 radical (unpaired) electrons. The molecule has 0 fully saturated rings. The summed E-state index contributed by atoms with van der Waals surface area (Å²) in [5.41, 5.74) is 0.572. The number of alkyl halides is 3. The third kappa shape index (κ3) is 5.47. The van der Waals surface area contributed by atoms with E-state index in [4.69, 9.17) is 0 Å². The van der Waals surface area contributed by atoms with Crippen molar-refractivity contribution in [3.63, 3.8) is 0 Å². The van der Waals surface area contributed by atoms with Gasteiger partial charge in [-0.05, 0) is 30.7 Å². The minimum Gasteiger partial charge on any atom is -0.465 e. The zero-order chi connectivity index (χ0) is 19.3. The second-order valence-corrected chi connectivity index (χ2v) is 5.75. The number of hydrogen-bond acceptors (Lipinski definition) is 4. The quantitative estimate of drug-likeness (QED) is 0.629. The van der Waals surface area contributed by atoms with Gasteiger partial charge >= 0.3 is 12.1 Å². The van der Waals surface area contributed by atoms with Gasteiger partial charge in [0.05, 0.1) is 31.3 Å². The number of nitrogens with zero attached hydrogens (tertiary/aromatic N) is 1. The first-order valence-corrected chi connectivity index (χ1v) is 7.88. The Morgan fingerprint density at radius 3 is 2.65 bits per heavy atom. The molecule has 26 heavy (non-hydrogen) atoms. The summed E-state index contributed by atoms with van der Waals surface area (Å²) in [6.07, 6.45) is -4.47. The van der Waals surface area contributed by atoms with Crippen molar-refractivity contribution in [1.29, 1.82) is 0 Å². The average Bonchev–Trinajstić information content (AvgIpc) is 2.59. The highest BCUT2D eigenvalue weighted by atomic mass is 19.4. The molecule has 1 N–H and O–H groups in total. The van der Waals surface area contributed by atoms with Crippen LogP contribution >= 0.6 is 0 Å². The van der Waals surface area contributed by atoms with Gasteiger partial charge in [0, 0.05) is 18.7 Å². The Balaban J connectivity index is 2.19. The zero-order valence-corrected chi connectivity index (χ0v) is 14.0. The van der Waals surface area contributed by atoms with Crippen molar-refractivity contribution in [3.05, 3.63) is 35.7 Å². The van der Waals surface area contributed by atoms with E-state index >= 15 is 0 Å². The maximum Gasteiger partial charge on any atom is 0.389 e. The largest absolute Gasteiger partial charge is 0.465 e. The summed E-state index contributed by atoms with van der Waals surface area (Å²) < 4.78 is 54.8. The number of esters is 1. The van der Waals surface area contributed by atoms with E-state index in [0.717, 1.165) is 7.11 Å². The van der Waals surface area contributed by atoms with Gasteiger partial charge in [0.15, 0.2) is 0 Å². The van der Waals surface area contributed by atoms with Crippen molar-refractivity contribution in [2.75, 3.05) is 30.4 Å². The van der Waals surface area contributed by atoms with E-state index in [1.165, 1.54) is 18.2 Å². The number of anilines is 2. The predicted molar refractivity (Wildman–Crippen MR) is 87.7 cm³/mol. The topological polar surface area (TPSA) is 58.6 Å². The van der Waals surface area contributed by atoms with Crippen LogP contribution in [0.3, 0.4) is 0 Å². The first-order chi connectivity index (χ1) is 12.2. The lowest BCUT2D eigenvalue weighted by Gasteiger charge is -2.27. The van der Waals surface area contributed by atoms with Crippen LogP contribution in [0.4, 0.5) is 28.9 Å². The van der Waals surface area contributed by atoms with Gasteiger partial charge in [0.2, 0.25) is 5.91 Å². The van der Waals surface area contributed by atoms with E-state index in [2.05, 4.69) is 10.1 Å². The van der Waals surface area contributed by atoms with Gasteiger partial charge in [0.25, 0.3) is 0 Å². The van der Waals surface area contributed by atoms with Gasteiger partial charge in [0.1, 0.15) is 5.83 Å². The normalized spacial score (nSPS) is 14.7. The number of hydrogen-bond donors (Lipinski definition) is 1. The van der Waals surface area contributed by atoms with Gasteiger partial charge in [-0.3, -0.25) is 4.79 Å². The van der Waals surface area contributed by atoms with Crippen LogP contribution < -0.4 is 10.2 Å². The number of carbonyl (C=O) groups excluding carboxylic acids is 2. The van der Waals surface area contributed by atoms with Crippen LogP contribution in [0, 0.1) is 0 Å². The molecule has 9 heteroatoms. The van der Waals surface area contributed by atoms with E-state index in [0.29, 0.717) is 18.7 Å². The van der Waals surface area contributed by atoms with E-state index in [1.54, 1.807) is 11.0 Å². The molecular weight excluding hydrogens is 356 g/mol. The highest BCUT2D eigenvalue weighted by Gasteiger charge is 2.28. The third-order valence-electron chi connectivity index (χ3n) is 3.79. The summed E-state index contributed by atoms with van der Waals surface area (Å²) >= 11 is 0. The fourth-order valence-corrected chi connectivity index (χ4v) is 2.51. The summed E-state index contributed by atoms with van der Waals surface area (Å²) in [5.74, 6) is -1.92. The summed E-state index contributed by atoms with van der Waals surface area (Å²) in [6, 6.07) is 4.37. The Kier molecular flexibility index (Phi) is 6.23. The fourth-order valence-electron chi connectivity index (χ4n) is 2.51. The number of carbonyl (C=O) groups is 2. The van der Waals surface area contributed by atoms with Crippen molar-refractivity contribution >= 4 is 23.3 Å². The molecular formula is C17H18F4N2O3. The van der Waals surface area contributed by atoms with E-state index in [-0.39, 0.29) is 23.6 Å². The second-order valence-electron chi connectivity index (χ2n) is 5.75. The lowest BCUT2D eigenvalue weighted by Crippen LogP contribution is -2.29. The summed E-state index contributed by atoms with van der Waals surface area (Å²) in [7, 11) is 1.15. The molecule has 1 amide bonds. The maximum absolute atomic E-state index is 13.5. The van der Waals surface area contributed by atoms with Gasteiger partial charge in [-0.2, -0.15) is 13.2 Å². The van der Waals surface area contributed by atoms with E-state index < -0.39 is 30.9 Å². The number of rotatable bonds is 5. The van der Waals surface area contributed by atoms with Gasteiger partial charge in [-0.1, -0.05) is 0 Å². The van der Waals surface area contributed by atoms with E-state index in [1.807, 2.05) is 0 Å².